The van der Waals surface area contributed by atoms with Crippen LogP contribution >= 0.6 is 11.3 Å². The van der Waals surface area contributed by atoms with E-state index < -0.39 is 11.5 Å². The van der Waals surface area contributed by atoms with Crippen LogP contribution in [-0.4, -0.2) is 18.0 Å². The Kier molecular flexibility index (Phi) is 5.47. The minimum absolute atomic E-state index is 0.0355. The van der Waals surface area contributed by atoms with Crippen LogP contribution in [0.2, 0.25) is 0 Å². The topological polar surface area (TPSA) is 72.6 Å². The second-order valence-electron chi connectivity index (χ2n) is 8.35. The van der Waals surface area contributed by atoms with Gasteiger partial charge >= 0.3 is 5.63 Å². The molecule has 36 heavy (non-hydrogen) atoms. The van der Waals surface area contributed by atoms with E-state index in [-0.39, 0.29) is 12.1 Å². The quantitative estimate of drug-likeness (QED) is 0.205. The van der Waals surface area contributed by atoms with Gasteiger partial charge in [-0.2, -0.15) is 0 Å². The largest absolute Gasteiger partial charge is 0.497 e. The summed E-state index contributed by atoms with van der Waals surface area (Å²) >= 11 is 1.38. The molecule has 0 aliphatic heterocycles. The molecule has 0 fully saturated rings. The monoisotopic (exact) mass is 492 g/mol. The van der Waals surface area contributed by atoms with Crippen molar-refractivity contribution in [2.45, 2.75) is 6.54 Å². The maximum atomic E-state index is 14.0. The molecule has 6 nitrogen and oxygen atoms in total. The zero-order valence-electron chi connectivity index (χ0n) is 19.3. The van der Waals surface area contributed by atoms with Crippen LogP contribution in [0, 0.1) is 0 Å². The Morgan fingerprint density at radius 3 is 2.58 bits per heavy atom. The number of nitrogens with zero attached hydrogens (tertiary/aromatic N) is 2. The van der Waals surface area contributed by atoms with Crippen molar-refractivity contribution >= 4 is 54.3 Å². The number of carbonyl (C=O) groups is 1. The Bertz CT molecular complexity index is 1810. The van der Waals surface area contributed by atoms with Crippen LogP contribution in [0.3, 0.4) is 0 Å². The molecule has 6 aromatic rings. The number of hydrogen-bond donors (Lipinski definition) is 0. The molecule has 0 N–H and O–H groups in total. The first-order valence-corrected chi connectivity index (χ1v) is 12.2. The number of anilines is 1. The Hall–Kier alpha value is -4.49. The number of benzene rings is 4. The third-order valence-electron chi connectivity index (χ3n) is 6.12. The van der Waals surface area contributed by atoms with Crippen LogP contribution in [0.5, 0.6) is 5.75 Å². The summed E-state index contributed by atoms with van der Waals surface area (Å²) in [6, 6.07) is 28.3. The van der Waals surface area contributed by atoms with E-state index in [9.17, 15) is 9.59 Å². The highest BCUT2D eigenvalue weighted by Crippen LogP contribution is 2.33. The molecule has 0 aliphatic rings. The van der Waals surface area contributed by atoms with Crippen LogP contribution in [0.15, 0.2) is 100 Å². The predicted molar refractivity (Wildman–Crippen MR) is 143 cm³/mol. The molecule has 176 valence electrons. The number of amides is 1. The molecule has 1 amide bonds. The maximum absolute atomic E-state index is 14.0. The standard InChI is InChI=1S/C29H20N2O4S/c1-34-20-12-14-26-24(15-20)30-29(36-26)31(17-18-7-3-2-4-8-18)27(32)23-16-22-21-10-6-5-9-19(21)11-13-25(22)35-28(23)33/h2-16H,17H2,1H3. The molecule has 0 atom stereocenters. The average Bonchev–Trinajstić information content (AvgIpc) is 3.34. The number of hydrogen-bond acceptors (Lipinski definition) is 6. The highest BCUT2D eigenvalue weighted by molar-refractivity contribution is 7.22. The average molecular weight is 493 g/mol. The summed E-state index contributed by atoms with van der Waals surface area (Å²) in [5.74, 6) is 0.218. The lowest BCUT2D eigenvalue weighted by Crippen LogP contribution is -2.33. The maximum Gasteiger partial charge on any atom is 0.349 e. The Morgan fingerprint density at radius 1 is 0.944 bits per heavy atom. The number of fused-ring (bicyclic) bond motifs is 4. The highest BCUT2D eigenvalue weighted by atomic mass is 32.1. The van der Waals surface area contributed by atoms with E-state index >= 15 is 0 Å². The third-order valence-corrected chi connectivity index (χ3v) is 7.17. The van der Waals surface area contributed by atoms with Crippen LogP contribution in [-0.2, 0) is 6.54 Å². The van der Waals surface area contributed by atoms with Crippen molar-refractivity contribution < 1.29 is 13.9 Å². The van der Waals surface area contributed by atoms with E-state index in [1.807, 2.05) is 78.9 Å². The van der Waals surface area contributed by atoms with Crippen molar-refractivity contribution in [3.63, 3.8) is 0 Å². The number of aromatic nitrogens is 1. The molecular weight excluding hydrogens is 472 g/mol. The van der Waals surface area contributed by atoms with Crippen LogP contribution < -0.4 is 15.3 Å². The van der Waals surface area contributed by atoms with Crippen molar-refractivity contribution in [1.82, 2.24) is 4.98 Å². The van der Waals surface area contributed by atoms with Crippen LogP contribution in [0.25, 0.3) is 32.0 Å². The molecule has 0 saturated carbocycles. The molecule has 0 radical (unpaired) electrons. The Labute approximate surface area is 210 Å². The molecule has 0 spiro atoms. The SMILES string of the molecule is COc1ccc2sc(N(Cc3ccccc3)C(=O)c3cc4c(ccc5ccccc54)oc3=O)nc2c1. The smallest absolute Gasteiger partial charge is 0.349 e. The Morgan fingerprint density at radius 2 is 1.75 bits per heavy atom. The zero-order valence-corrected chi connectivity index (χ0v) is 20.1. The molecule has 0 unspecified atom stereocenters. The molecule has 2 heterocycles. The van der Waals surface area contributed by atoms with E-state index in [0.717, 1.165) is 26.6 Å². The van der Waals surface area contributed by atoms with Gasteiger partial charge < -0.3 is 9.15 Å². The molecular formula is C29H20N2O4S. The molecule has 7 heteroatoms. The van der Waals surface area contributed by atoms with Crippen LogP contribution in [0.1, 0.15) is 15.9 Å². The van der Waals surface area contributed by atoms with Gasteiger partial charge in [0.05, 0.1) is 23.9 Å². The summed E-state index contributed by atoms with van der Waals surface area (Å²) in [6.45, 7) is 0.254. The van der Waals surface area contributed by atoms with Crippen molar-refractivity contribution in [2.24, 2.45) is 0 Å². The molecule has 0 saturated heterocycles. The lowest BCUT2D eigenvalue weighted by Gasteiger charge is -2.20. The van der Waals surface area contributed by atoms with Gasteiger partial charge in [0, 0.05) is 11.5 Å². The number of carbonyl (C=O) groups excluding carboxylic acids is 1. The third kappa shape index (κ3) is 3.89. The van der Waals surface area contributed by atoms with Gasteiger partial charge in [0.15, 0.2) is 5.13 Å². The van der Waals surface area contributed by atoms with Gasteiger partial charge in [-0.1, -0.05) is 72.0 Å². The normalized spacial score (nSPS) is 11.2. The molecule has 0 aliphatic carbocycles. The summed E-state index contributed by atoms with van der Waals surface area (Å²) in [5.41, 5.74) is 1.36. The van der Waals surface area contributed by atoms with Gasteiger partial charge in [0.1, 0.15) is 16.9 Å². The fraction of sp³-hybridized carbons (Fsp3) is 0.0690. The summed E-state index contributed by atoms with van der Waals surface area (Å²) in [4.78, 5) is 33.2. The summed E-state index contributed by atoms with van der Waals surface area (Å²) in [6.07, 6.45) is 0. The lowest BCUT2D eigenvalue weighted by molar-refractivity contribution is 0.0981. The second-order valence-corrected chi connectivity index (χ2v) is 9.36. The molecule has 4 aromatic carbocycles. The van der Waals surface area contributed by atoms with Gasteiger partial charge in [-0.3, -0.25) is 9.69 Å². The number of rotatable bonds is 5. The highest BCUT2D eigenvalue weighted by Gasteiger charge is 2.25. The first kappa shape index (κ1) is 22.0. The number of ether oxygens (including phenoxy) is 1. The van der Waals surface area contributed by atoms with Crippen molar-refractivity contribution in [3.8, 4) is 5.75 Å². The summed E-state index contributed by atoms with van der Waals surface area (Å²) < 4.78 is 11.8. The fourth-order valence-corrected chi connectivity index (χ4v) is 5.24. The van der Waals surface area contributed by atoms with Gasteiger partial charge in [0.2, 0.25) is 0 Å². The second kappa shape index (κ2) is 8.94. The van der Waals surface area contributed by atoms with Crippen molar-refractivity contribution in [3.05, 3.63) is 113 Å². The van der Waals surface area contributed by atoms with E-state index in [2.05, 4.69) is 0 Å². The van der Waals surface area contributed by atoms with E-state index in [1.54, 1.807) is 19.2 Å². The summed E-state index contributed by atoms with van der Waals surface area (Å²) in [7, 11) is 1.60. The minimum Gasteiger partial charge on any atom is -0.497 e. The summed E-state index contributed by atoms with van der Waals surface area (Å²) in [5, 5.41) is 3.11. The molecule has 0 bridgehead atoms. The van der Waals surface area contributed by atoms with Gasteiger partial charge in [-0.15, -0.1) is 0 Å². The number of thiazole rings is 1. The van der Waals surface area contributed by atoms with Gasteiger partial charge in [-0.05, 0) is 40.6 Å². The Balaban J connectivity index is 1.51. The first-order chi connectivity index (χ1) is 17.6. The predicted octanol–water partition coefficient (Wildman–Crippen LogP) is 6.41. The first-order valence-electron chi connectivity index (χ1n) is 11.4. The molecule has 2 aromatic heterocycles. The van der Waals surface area contributed by atoms with E-state index in [0.29, 0.717) is 21.9 Å². The van der Waals surface area contributed by atoms with Crippen molar-refractivity contribution in [2.75, 3.05) is 12.0 Å². The van der Waals surface area contributed by atoms with Crippen molar-refractivity contribution in [1.29, 1.82) is 0 Å². The van der Waals surface area contributed by atoms with Gasteiger partial charge in [-0.25, -0.2) is 9.78 Å². The van der Waals surface area contributed by atoms with Crippen LogP contribution in [0.4, 0.5) is 5.13 Å². The lowest BCUT2D eigenvalue weighted by atomic mass is 10.0. The van der Waals surface area contributed by atoms with Gasteiger partial charge in [0.25, 0.3) is 5.91 Å². The van der Waals surface area contributed by atoms with E-state index in [4.69, 9.17) is 14.1 Å². The zero-order chi connectivity index (χ0) is 24.6. The molecule has 6 rings (SSSR count). The number of methoxy groups -OCH3 is 1. The fourth-order valence-electron chi connectivity index (χ4n) is 4.30. The van der Waals surface area contributed by atoms with E-state index in [1.165, 1.54) is 16.2 Å². The minimum atomic E-state index is -0.677.